The summed E-state index contributed by atoms with van der Waals surface area (Å²) in [7, 11) is 0. The minimum absolute atomic E-state index is 0.0776. The Morgan fingerprint density at radius 1 is 1.00 bits per heavy atom. The molecule has 2 aromatic carbocycles. The van der Waals surface area contributed by atoms with Gasteiger partial charge in [-0.05, 0) is 61.4 Å². The fourth-order valence-corrected chi connectivity index (χ4v) is 3.18. The van der Waals surface area contributed by atoms with Crippen molar-refractivity contribution in [1.29, 1.82) is 0 Å². The third-order valence-electron chi connectivity index (χ3n) is 4.84. The van der Waals surface area contributed by atoms with Gasteiger partial charge in [-0.25, -0.2) is 4.98 Å². The van der Waals surface area contributed by atoms with Crippen molar-refractivity contribution >= 4 is 17.2 Å². The Kier molecular flexibility index (Phi) is 6.17. The summed E-state index contributed by atoms with van der Waals surface area (Å²) < 4.78 is 12.8. The van der Waals surface area contributed by atoms with Crippen molar-refractivity contribution in [3.05, 3.63) is 100 Å². The number of fused-ring (bicyclic) bond motifs is 1. The van der Waals surface area contributed by atoms with Gasteiger partial charge in [0.05, 0.1) is 5.69 Å². The van der Waals surface area contributed by atoms with E-state index in [0.29, 0.717) is 28.5 Å². The topological polar surface area (TPSA) is 81.9 Å². The van der Waals surface area contributed by atoms with E-state index < -0.39 is 0 Å². The third-order valence-corrected chi connectivity index (χ3v) is 4.84. The van der Waals surface area contributed by atoms with E-state index in [0.717, 1.165) is 11.1 Å². The van der Waals surface area contributed by atoms with Crippen LogP contribution in [0.3, 0.4) is 0 Å². The molecule has 32 heavy (non-hydrogen) atoms. The molecule has 0 saturated heterocycles. The third kappa shape index (κ3) is 5.13. The van der Waals surface area contributed by atoms with E-state index in [9.17, 15) is 9.59 Å². The SMILES string of the molecule is Cc1ccc2nc(COc3ccc(NC(=O)COc4ccccc4C)cc3)cc(=O)n2c1. The van der Waals surface area contributed by atoms with Gasteiger partial charge in [0, 0.05) is 18.0 Å². The quantitative estimate of drug-likeness (QED) is 0.482. The van der Waals surface area contributed by atoms with E-state index in [1.807, 2.05) is 44.2 Å². The van der Waals surface area contributed by atoms with Crippen molar-refractivity contribution in [3.63, 3.8) is 0 Å². The Morgan fingerprint density at radius 3 is 2.56 bits per heavy atom. The van der Waals surface area contributed by atoms with Crippen LogP contribution < -0.4 is 20.3 Å². The maximum absolute atomic E-state index is 12.3. The molecule has 0 aliphatic heterocycles. The highest BCUT2D eigenvalue weighted by Gasteiger charge is 2.07. The molecule has 2 heterocycles. The van der Waals surface area contributed by atoms with Gasteiger partial charge in [0.1, 0.15) is 23.8 Å². The van der Waals surface area contributed by atoms with Crippen LogP contribution in [0, 0.1) is 13.8 Å². The maximum Gasteiger partial charge on any atom is 0.262 e. The minimum Gasteiger partial charge on any atom is -0.487 e. The first kappa shape index (κ1) is 21.1. The first-order chi connectivity index (χ1) is 15.5. The van der Waals surface area contributed by atoms with Crippen molar-refractivity contribution in [2.24, 2.45) is 0 Å². The standard InChI is InChI=1S/C25H23N3O4/c1-17-7-12-23-26-20(13-25(30)28(23)14-17)15-31-21-10-8-19(9-11-21)27-24(29)16-32-22-6-4-3-5-18(22)2/h3-14H,15-16H2,1-2H3,(H,27,29). The molecule has 0 bridgehead atoms. The van der Waals surface area contributed by atoms with Gasteiger partial charge in [0.25, 0.3) is 11.5 Å². The lowest BCUT2D eigenvalue weighted by molar-refractivity contribution is -0.118. The van der Waals surface area contributed by atoms with E-state index in [1.165, 1.54) is 10.5 Å². The summed E-state index contributed by atoms with van der Waals surface area (Å²) in [6.45, 7) is 3.94. The molecule has 0 spiro atoms. The van der Waals surface area contributed by atoms with Gasteiger partial charge >= 0.3 is 0 Å². The molecule has 1 N–H and O–H groups in total. The molecule has 0 radical (unpaired) electrons. The number of amides is 1. The number of carbonyl (C=O) groups is 1. The average Bonchev–Trinajstić information content (AvgIpc) is 2.78. The number of pyridine rings is 1. The molecule has 0 saturated carbocycles. The van der Waals surface area contributed by atoms with Crippen LogP contribution in [0.5, 0.6) is 11.5 Å². The number of ether oxygens (including phenoxy) is 2. The van der Waals surface area contributed by atoms with Crippen LogP contribution in [0.1, 0.15) is 16.8 Å². The number of aromatic nitrogens is 2. The molecule has 162 valence electrons. The van der Waals surface area contributed by atoms with E-state index in [-0.39, 0.29) is 24.7 Å². The molecule has 4 aromatic rings. The maximum atomic E-state index is 12.3. The van der Waals surface area contributed by atoms with Crippen LogP contribution in [-0.2, 0) is 11.4 Å². The van der Waals surface area contributed by atoms with Crippen molar-refractivity contribution in [2.45, 2.75) is 20.5 Å². The Morgan fingerprint density at radius 2 is 1.78 bits per heavy atom. The van der Waals surface area contributed by atoms with Crippen LogP contribution in [0.4, 0.5) is 5.69 Å². The number of carbonyl (C=O) groups excluding carboxylic acids is 1. The molecule has 1 amide bonds. The summed E-state index contributed by atoms with van der Waals surface area (Å²) in [6, 6.07) is 19.7. The first-order valence-electron chi connectivity index (χ1n) is 10.2. The Balaban J connectivity index is 1.32. The average molecular weight is 429 g/mol. The number of anilines is 1. The van der Waals surface area contributed by atoms with Crippen molar-refractivity contribution in [2.75, 3.05) is 11.9 Å². The van der Waals surface area contributed by atoms with E-state index >= 15 is 0 Å². The number of rotatable bonds is 7. The van der Waals surface area contributed by atoms with Gasteiger partial charge in [0.2, 0.25) is 0 Å². The van der Waals surface area contributed by atoms with Gasteiger partial charge in [-0.15, -0.1) is 0 Å². The summed E-state index contributed by atoms with van der Waals surface area (Å²) in [6.07, 6.45) is 1.76. The van der Waals surface area contributed by atoms with E-state index in [2.05, 4.69) is 10.3 Å². The lowest BCUT2D eigenvalue weighted by atomic mass is 10.2. The highest BCUT2D eigenvalue weighted by Crippen LogP contribution is 2.18. The number of aryl methyl sites for hydroxylation is 2. The zero-order valence-electron chi connectivity index (χ0n) is 17.9. The molecule has 2 aromatic heterocycles. The number of nitrogens with zero attached hydrogens (tertiary/aromatic N) is 2. The summed E-state index contributed by atoms with van der Waals surface area (Å²) in [5.41, 5.74) is 3.56. The van der Waals surface area contributed by atoms with Crippen LogP contribution in [0.2, 0.25) is 0 Å². The summed E-state index contributed by atoms with van der Waals surface area (Å²) in [4.78, 5) is 28.9. The molecule has 7 heteroatoms. The highest BCUT2D eigenvalue weighted by molar-refractivity contribution is 5.91. The Hall–Kier alpha value is -4.13. The van der Waals surface area contributed by atoms with E-state index in [1.54, 1.807) is 36.5 Å². The molecule has 0 unspecified atom stereocenters. The summed E-state index contributed by atoms with van der Waals surface area (Å²) in [5.74, 6) is 1.03. The molecular formula is C25H23N3O4. The summed E-state index contributed by atoms with van der Waals surface area (Å²) in [5, 5.41) is 2.79. The van der Waals surface area contributed by atoms with Crippen LogP contribution >= 0.6 is 0 Å². The molecule has 4 rings (SSSR count). The van der Waals surface area contributed by atoms with E-state index in [4.69, 9.17) is 9.47 Å². The number of hydrogen-bond donors (Lipinski definition) is 1. The second-order valence-corrected chi connectivity index (χ2v) is 7.44. The minimum atomic E-state index is -0.252. The predicted molar refractivity (Wildman–Crippen MR) is 122 cm³/mol. The normalized spacial score (nSPS) is 10.7. The highest BCUT2D eigenvalue weighted by atomic mass is 16.5. The second-order valence-electron chi connectivity index (χ2n) is 7.44. The second kappa shape index (κ2) is 9.34. The number of hydrogen-bond acceptors (Lipinski definition) is 5. The molecule has 0 aliphatic carbocycles. The largest absolute Gasteiger partial charge is 0.487 e. The fourth-order valence-electron chi connectivity index (χ4n) is 3.18. The lowest BCUT2D eigenvalue weighted by Gasteiger charge is -2.10. The van der Waals surface area contributed by atoms with Gasteiger partial charge in [-0.3, -0.25) is 14.0 Å². The monoisotopic (exact) mass is 429 g/mol. The van der Waals surface area contributed by atoms with Gasteiger partial charge in [0.15, 0.2) is 6.61 Å². The van der Waals surface area contributed by atoms with Crippen LogP contribution in [-0.4, -0.2) is 21.9 Å². The predicted octanol–water partition coefficient (Wildman–Crippen LogP) is 3.91. The lowest BCUT2D eigenvalue weighted by Crippen LogP contribution is -2.20. The molecule has 0 aliphatic rings. The van der Waals surface area contributed by atoms with Crippen LogP contribution in [0.15, 0.2) is 77.7 Å². The Bertz CT molecular complexity index is 1310. The fraction of sp³-hybridized carbons (Fsp3) is 0.160. The first-order valence-corrected chi connectivity index (χ1v) is 10.2. The summed E-state index contributed by atoms with van der Waals surface area (Å²) >= 11 is 0. The zero-order chi connectivity index (χ0) is 22.5. The van der Waals surface area contributed by atoms with Crippen molar-refractivity contribution in [3.8, 4) is 11.5 Å². The molecule has 7 nitrogen and oxygen atoms in total. The zero-order valence-corrected chi connectivity index (χ0v) is 17.9. The molecular weight excluding hydrogens is 406 g/mol. The Labute approximate surface area is 185 Å². The molecule has 0 fully saturated rings. The van der Waals surface area contributed by atoms with Crippen LogP contribution in [0.25, 0.3) is 5.65 Å². The van der Waals surface area contributed by atoms with Gasteiger partial charge in [-0.2, -0.15) is 0 Å². The van der Waals surface area contributed by atoms with Gasteiger partial charge in [-0.1, -0.05) is 24.3 Å². The smallest absolute Gasteiger partial charge is 0.262 e. The van der Waals surface area contributed by atoms with Crippen molar-refractivity contribution in [1.82, 2.24) is 9.38 Å². The molecule has 0 atom stereocenters. The number of benzene rings is 2. The van der Waals surface area contributed by atoms with Crippen molar-refractivity contribution < 1.29 is 14.3 Å². The number of para-hydroxylation sites is 1. The number of nitrogens with one attached hydrogen (secondary N) is 1. The van der Waals surface area contributed by atoms with Gasteiger partial charge < -0.3 is 14.8 Å².